The van der Waals surface area contributed by atoms with Crippen LogP contribution in [0.4, 0.5) is 14.5 Å². The standard InChI is InChI=1S/C11H11F2N3O2S/c12-8-2-1-3-9(11(8)13)14-4-7(17)6-18-10-5-15-19-16-10/h1-3,5,7,14,17H,4,6H2. The van der Waals surface area contributed by atoms with Crippen molar-refractivity contribution >= 4 is 17.4 Å². The normalized spacial score (nSPS) is 12.2. The highest BCUT2D eigenvalue weighted by atomic mass is 32.1. The molecule has 0 bridgehead atoms. The fourth-order valence-corrected chi connectivity index (χ4v) is 1.69. The van der Waals surface area contributed by atoms with Crippen LogP contribution < -0.4 is 10.1 Å². The summed E-state index contributed by atoms with van der Waals surface area (Å²) >= 11 is 0.992. The number of rotatable bonds is 6. The fourth-order valence-electron chi connectivity index (χ4n) is 1.33. The number of hydrogen-bond donors (Lipinski definition) is 2. The predicted octanol–water partition coefficient (Wildman–Crippen LogP) is 1.67. The molecule has 0 radical (unpaired) electrons. The molecule has 19 heavy (non-hydrogen) atoms. The van der Waals surface area contributed by atoms with Crippen LogP contribution in [0.5, 0.6) is 5.88 Å². The first-order valence-electron chi connectivity index (χ1n) is 5.43. The van der Waals surface area contributed by atoms with E-state index in [2.05, 4.69) is 14.1 Å². The summed E-state index contributed by atoms with van der Waals surface area (Å²) in [6, 6.07) is 3.79. The van der Waals surface area contributed by atoms with Gasteiger partial charge in [0, 0.05) is 6.54 Å². The lowest BCUT2D eigenvalue weighted by Gasteiger charge is -2.13. The molecule has 5 nitrogen and oxygen atoms in total. The highest BCUT2D eigenvalue weighted by molar-refractivity contribution is 6.99. The Morgan fingerprint density at radius 1 is 1.42 bits per heavy atom. The molecule has 1 heterocycles. The third kappa shape index (κ3) is 3.83. The number of nitrogens with zero attached hydrogens (tertiary/aromatic N) is 2. The molecule has 1 unspecified atom stereocenters. The third-order valence-corrected chi connectivity index (χ3v) is 2.71. The number of benzene rings is 1. The highest BCUT2D eigenvalue weighted by Gasteiger charge is 2.10. The number of nitrogens with one attached hydrogen (secondary N) is 1. The minimum Gasteiger partial charge on any atom is -0.473 e. The fraction of sp³-hybridized carbons (Fsp3) is 0.273. The van der Waals surface area contributed by atoms with Gasteiger partial charge in [-0.15, -0.1) is 4.37 Å². The molecular weight excluding hydrogens is 276 g/mol. The first-order valence-corrected chi connectivity index (χ1v) is 6.16. The molecule has 0 amide bonds. The molecular formula is C11H11F2N3O2S. The van der Waals surface area contributed by atoms with Gasteiger partial charge in [0.25, 0.3) is 0 Å². The Kier molecular flexibility index (Phi) is 4.58. The lowest BCUT2D eigenvalue weighted by molar-refractivity contribution is 0.115. The number of anilines is 1. The maximum Gasteiger partial charge on any atom is 0.245 e. The number of hydrogen-bond acceptors (Lipinski definition) is 6. The predicted molar refractivity (Wildman–Crippen MR) is 66.3 cm³/mol. The molecule has 0 saturated carbocycles. The minimum absolute atomic E-state index is 0.00521. The van der Waals surface area contributed by atoms with Gasteiger partial charge in [-0.3, -0.25) is 0 Å². The molecule has 0 aliphatic heterocycles. The molecule has 0 aliphatic carbocycles. The van der Waals surface area contributed by atoms with Crippen LogP contribution >= 0.6 is 11.7 Å². The van der Waals surface area contributed by atoms with Crippen molar-refractivity contribution in [3.05, 3.63) is 36.0 Å². The van der Waals surface area contributed by atoms with E-state index in [0.29, 0.717) is 5.88 Å². The summed E-state index contributed by atoms with van der Waals surface area (Å²) in [7, 11) is 0. The van der Waals surface area contributed by atoms with Gasteiger partial charge in [-0.25, -0.2) is 8.78 Å². The van der Waals surface area contributed by atoms with Crippen molar-refractivity contribution in [1.29, 1.82) is 0 Å². The Bertz CT molecular complexity index is 525. The molecule has 0 fully saturated rings. The van der Waals surface area contributed by atoms with E-state index in [0.717, 1.165) is 17.8 Å². The Hall–Kier alpha value is -1.80. The van der Waals surface area contributed by atoms with Crippen molar-refractivity contribution in [2.45, 2.75) is 6.10 Å². The van der Waals surface area contributed by atoms with Crippen LogP contribution in [0.25, 0.3) is 0 Å². The van der Waals surface area contributed by atoms with Crippen LogP contribution in [0.1, 0.15) is 0 Å². The molecule has 2 N–H and O–H groups in total. The monoisotopic (exact) mass is 287 g/mol. The lowest BCUT2D eigenvalue weighted by atomic mass is 10.2. The summed E-state index contributed by atoms with van der Waals surface area (Å²) in [4.78, 5) is 0. The number of ether oxygens (including phenoxy) is 1. The second-order valence-corrected chi connectivity index (χ2v) is 4.25. The number of aliphatic hydroxyl groups is 1. The lowest BCUT2D eigenvalue weighted by Crippen LogP contribution is -2.26. The van der Waals surface area contributed by atoms with Gasteiger partial charge in [-0.2, -0.15) is 4.37 Å². The second-order valence-electron chi connectivity index (χ2n) is 3.69. The summed E-state index contributed by atoms with van der Waals surface area (Å²) in [6.07, 6.45) is 0.543. The molecule has 0 saturated heterocycles. The first kappa shape index (κ1) is 13.6. The minimum atomic E-state index is -0.973. The van der Waals surface area contributed by atoms with Gasteiger partial charge in [0.15, 0.2) is 11.6 Å². The largest absolute Gasteiger partial charge is 0.473 e. The molecule has 1 atom stereocenters. The van der Waals surface area contributed by atoms with Crippen LogP contribution in [-0.2, 0) is 0 Å². The second kappa shape index (κ2) is 6.39. The molecule has 2 aromatic rings. The van der Waals surface area contributed by atoms with Gasteiger partial charge < -0.3 is 15.2 Å². The summed E-state index contributed by atoms with van der Waals surface area (Å²) in [5.41, 5.74) is -0.00521. The molecule has 1 aromatic heterocycles. The van der Waals surface area contributed by atoms with E-state index in [1.54, 1.807) is 0 Å². The molecule has 1 aromatic carbocycles. The van der Waals surface area contributed by atoms with Gasteiger partial charge in [0.2, 0.25) is 5.88 Å². The van der Waals surface area contributed by atoms with Gasteiger partial charge in [-0.1, -0.05) is 6.07 Å². The Balaban J connectivity index is 1.80. The maximum atomic E-state index is 13.3. The maximum absolute atomic E-state index is 13.3. The van der Waals surface area contributed by atoms with E-state index >= 15 is 0 Å². The van der Waals surface area contributed by atoms with E-state index in [9.17, 15) is 13.9 Å². The topological polar surface area (TPSA) is 67.3 Å². The summed E-state index contributed by atoms with van der Waals surface area (Å²) in [5, 5.41) is 12.2. The zero-order chi connectivity index (χ0) is 13.7. The van der Waals surface area contributed by atoms with E-state index < -0.39 is 17.7 Å². The van der Waals surface area contributed by atoms with E-state index in [4.69, 9.17) is 4.74 Å². The number of aromatic nitrogens is 2. The zero-order valence-electron chi connectivity index (χ0n) is 9.72. The smallest absolute Gasteiger partial charge is 0.245 e. The summed E-state index contributed by atoms with van der Waals surface area (Å²) in [6.45, 7) is 0.00723. The quantitative estimate of drug-likeness (QED) is 0.846. The van der Waals surface area contributed by atoms with E-state index in [1.807, 2.05) is 0 Å². The molecule has 2 rings (SSSR count). The molecule has 0 spiro atoms. The van der Waals surface area contributed by atoms with Crippen LogP contribution in [-0.4, -0.2) is 33.1 Å². The number of aliphatic hydroxyl groups excluding tert-OH is 1. The van der Waals surface area contributed by atoms with E-state index in [-0.39, 0.29) is 18.8 Å². The van der Waals surface area contributed by atoms with Crippen molar-refractivity contribution in [2.75, 3.05) is 18.5 Å². The van der Waals surface area contributed by atoms with Crippen LogP contribution in [0.3, 0.4) is 0 Å². The van der Waals surface area contributed by atoms with Crippen molar-refractivity contribution < 1.29 is 18.6 Å². The molecule has 8 heteroatoms. The third-order valence-electron chi connectivity index (χ3n) is 2.24. The number of halogens is 2. The average Bonchev–Trinajstić information content (AvgIpc) is 2.91. The van der Waals surface area contributed by atoms with Crippen LogP contribution in [0.2, 0.25) is 0 Å². The van der Waals surface area contributed by atoms with Gasteiger partial charge in [0.1, 0.15) is 18.9 Å². The summed E-state index contributed by atoms with van der Waals surface area (Å²) < 4.78 is 38.9. The van der Waals surface area contributed by atoms with Crippen LogP contribution in [0, 0.1) is 11.6 Å². The van der Waals surface area contributed by atoms with Crippen molar-refractivity contribution in [3.63, 3.8) is 0 Å². The van der Waals surface area contributed by atoms with Crippen molar-refractivity contribution in [1.82, 2.24) is 8.75 Å². The Morgan fingerprint density at radius 3 is 3.00 bits per heavy atom. The average molecular weight is 287 g/mol. The highest BCUT2D eigenvalue weighted by Crippen LogP contribution is 2.16. The Morgan fingerprint density at radius 2 is 2.26 bits per heavy atom. The van der Waals surface area contributed by atoms with Gasteiger partial charge in [-0.05, 0) is 12.1 Å². The van der Waals surface area contributed by atoms with Gasteiger partial charge >= 0.3 is 0 Å². The zero-order valence-corrected chi connectivity index (χ0v) is 10.5. The molecule has 0 aliphatic rings. The van der Waals surface area contributed by atoms with E-state index in [1.165, 1.54) is 18.3 Å². The van der Waals surface area contributed by atoms with Crippen LogP contribution in [0.15, 0.2) is 24.4 Å². The Labute approximate surface area is 112 Å². The van der Waals surface area contributed by atoms with Crippen molar-refractivity contribution in [3.8, 4) is 5.88 Å². The molecule has 102 valence electrons. The SMILES string of the molecule is OC(CNc1cccc(F)c1F)COc1cnsn1. The first-order chi connectivity index (χ1) is 9.16. The van der Waals surface area contributed by atoms with Crippen molar-refractivity contribution in [2.24, 2.45) is 0 Å². The summed E-state index contributed by atoms with van der Waals surface area (Å²) in [5.74, 6) is -1.59. The van der Waals surface area contributed by atoms with Gasteiger partial charge in [0.05, 0.1) is 17.4 Å².